The van der Waals surface area contributed by atoms with E-state index < -0.39 is 12.1 Å². The van der Waals surface area contributed by atoms with Crippen LogP contribution in [0.25, 0.3) is 11.3 Å². The fourth-order valence-electron chi connectivity index (χ4n) is 4.90. The van der Waals surface area contributed by atoms with Gasteiger partial charge in [0, 0.05) is 33.9 Å². The highest BCUT2D eigenvalue weighted by atomic mass is 35.5. The molecule has 0 radical (unpaired) electrons. The first kappa shape index (κ1) is 32.3. The van der Waals surface area contributed by atoms with E-state index in [2.05, 4.69) is 25.7 Å². The van der Waals surface area contributed by atoms with E-state index in [1.54, 1.807) is 54.6 Å². The molecule has 46 heavy (non-hydrogen) atoms. The van der Waals surface area contributed by atoms with Gasteiger partial charge in [-0.2, -0.15) is 0 Å². The molecule has 4 N–H and O–H groups in total. The molecule has 1 aromatic heterocycles. The maximum Gasteiger partial charge on any atom is 0.411 e. The van der Waals surface area contributed by atoms with Crippen LogP contribution in [0, 0.1) is 0 Å². The van der Waals surface area contributed by atoms with Crippen LogP contribution in [0.3, 0.4) is 0 Å². The summed E-state index contributed by atoms with van der Waals surface area (Å²) in [6, 6.07) is 30.4. The Balaban J connectivity index is 1.32. The number of imidazole rings is 1. The van der Waals surface area contributed by atoms with Gasteiger partial charge in [0.1, 0.15) is 16.7 Å². The zero-order valence-corrected chi connectivity index (χ0v) is 26.4. The van der Waals surface area contributed by atoms with E-state index in [9.17, 15) is 14.4 Å². The summed E-state index contributed by atoms with van der Waals surface area (Å²) in [5, 5.41) is 9.38. The molecular weight excluding hydrogens is 625 g/mol. The van der Waals surface area contributed by atoms with Gasteiger partial charge < -0.3 is 20.4 Å². The highest BCUT2D eigenvalue weighted by Crippen LogP contribution is 2.30. The Morgan fingerprint density at radius 1 is 0.848 bits per heavy atom. The van der Waals surface area contributed by atoms with Gasteiger partial charge in [-0.3, -0.25) is 14.9 Å². The summed E-state index contributed by atoms with van der Waals surface area (Å²) in [5.41, 5.74) is 4.53. The standard InChI is InChI=1S/C35H31Cl2N5O4/c1-46-35(45)39-27-16-12-23(13-17-27)31-32(37)42-33(41-31)29(20-22-8-4-2-5-9-22)40-30(43)19-14-24-21-25(36)15-18-28(24)34(44)38-26-10-6-3-7-11-26/h2-13,15-18,21,29H,14,19-20H2,1H3,(H,38,44)(H,39,45)(H,40,43)(H,41,42)/t29-/m0/s1. The molecule has 3 amide bonds. The first-order chi connectivity index (χ1) is 22.3. The maximum absolute atomic E-state index is 13.4. The van der Waals surface area contributed by atoms with Crippen LogP contribution in [-0.2, 0) is 22.4 Å². The summed E-state index contributed by atoms with van der Waals surface area (Å²) in [4.78, 5) is 45.9. The lowest BCUT2D eigenvalue weighted by molar-refractivity contribution is -0.121. The second-order valence-electron chi connectivity index (χ2n) is 10.4. The number of ether oxygens (including phenoxy) is 1. The summed E-state index contributed by atoms with van der Waals surface area (Å²) >= 11 is 12.9. The number of carbonyl (C=O) groups is 3. The van der Waals surface area contributed by atoms with E-state index in [4.69, 9.17) is 28.2 Å². The topological polar surface area (TPSA) is 125 Å². The van der Waals surface area contributed by atoms with Crippen LogP contribution in [0.4, 0.5) is 16.2 Å². The fraction of sp³-hybridized carbons (Fsp3) is 0.143. The number of nitrogens with zero attached hydrogens (tertiary/aromatic N) is 1. The van der Waals surface area contributed by atoms with Crippen molar-refractivity contribution in [2.24, 2.45) is 0 Å². The van der Waals surface area contributed by atoms with E-state index in [1.807, 2.05) is 48.5 Å². The van der Waals surface area contributed by atoms with Gasteiger partial charge in [0.15, 0.2) is 0 Å². The van der Waals surface area contributed by atoms with Gasteiger partial charge in [0.05, 0.1) is 13.2 Å². The molecule has 5 rings (SSSR count). The number of H-pyrrole nitrogens is 1. The quantitative estimate of drug-likeness (QED) is 0.115. The minimum absolute atomic E-state index is 0.104. The van der Waals surface area contributed by atoms with E-state index >= 15 is 0 Å². The SMILES string of the molecule is COC(=O)Nc1ccc(-c2nc([C@H](Cc3ccccc3)NC(=O)CCc3cc(Cl)ccc3C(=O)Nc3ccccc3)[nH]c2Cl)cc1. The van der Waals surface area contributed by atoms with Crippen molar-refractivity contribution in [1.82, 2.24) is 15.3 Å². The number of rotatable bonds is 11. The number of aryl methyl sites for hydroxylation is 1. The lowest BCUT2D eigenvalue weighted by atomic mass is 10.0. The number of amides is 3. The second kappa shape index (κ2) is 15.2. The molecule has 0 unspecified atom stereocenters. The Labute approximate surface area is 276 Å². The number of carbonyl (C=O) groups excluding carboxylic acids is 3. The third kappa shape index (κ3) is 8.53. The molecule has 234 valence electrons. The van der Waals surface area contributed by atoms with Crippen molar-refractivity contribution in [2.45, 2.75) is 25.3 Å². The summed E-state index contributed by atoms with van der Waals surface area (Å²) < 4.78 is 4.64. The lowest BCUT2D eigenvalue weighted by Crippen LogP contribution is -2.31. The lowest BCUT2D eigenvalue weighted by Gasteiger charge is -2.17. The van der Waals surface area contributed by atoms with Crippen LogP contribution in [0.15, 0.2) is 103 Å². The minimum atomic E-state index is -0.575. The number of aromatic nitrogens is 2. The van der Waals surface area contributed by atoms with Crippen molar-refractivity contribution in [3.8, 4) is 11.3 Å². The zero-order valence-electron chi connectivity index (χ0n) is 24.8. The predicted molar refractivity (Wildman–Crippen MR) is 180 cm³/mol. The van der Waals surface area contributed by atoms with Gasteiger partial charge in [-0.1, -0.05) is 83.9 Å². The molecule has 9 nitrogen and oxygen atoms in total. The van der Waals surface area contributed by atoms with Crippen molar-refractivity contribution in [1.29, 1.82) is 0 Å². The molecule has 0 aliphatic heterocycles. The second-order valence-corrected chi connectivity index (χ2v) is 11.2. The van der Waals surface area contributed by atoms with Crippen LogP contribution in [0.1, 0.15) is 39.8 Å². The molecule has 0 spiro atoms. The van der Waals surface area contributed by atoms with Gasteiger partial charge >= 0.3 is 6.09 Å². The third-order valence-electron chi connectivity index (χ3n) is 7.18. The molecule has 0 bridgehead atoms. The Bertz CT molecular complexity index is 1810. The normalized spacial score (nSPS) is 11.4. The summed E-state index contributed by atoms with van der Waals surface area (Å²) in [6.07, 6.45) is 0.278. The third-order valence-corrected chi connectivity index (χ3v) is 7.69. The van der Waals surface area contributed by atoms with E-state index in [1.165, 1.54) is 7.11 Å². The molecule has 5 aromatic rings. The Kier molecular flexibility index (Phi) is 10.7. The van der Waals surface area contributed by atoms with Gasteiger partial charge in [-0.05, 0) is 66.4 Å². The largest absolute Gasteiger partial charge is 0.453 e. The number of hydrogen-bond donors (Lipinski definition) is 4. The fourth-order valence-corrected chi connectivity index (χ4v) is 5.34. The molecule has 0 aliphatic carbocycles. The van der Waals surface area contributed by atoms with Gasteiger partial charge in [-0.15, -0.1) is 0 Å². The smallest absolute Gasteiger partial charge is 0.411 e. The molecule has 0 saturated carbocycles. The van der Waals surface area contributed by atoms with Crippen LogP contribution >= 0.6 is 23.2 Å². The first-order valence-corrected chi connectivity index (χ1v) is 15.2. The van der Waals surface area contributed by atoms with Crippen molar-refractivity contribution in [3.63, 3.8) is 0 Å². The van der Waals surface area contributed by atoms with Crippen molar-refractivity contribution >= 4 is 52.5 Å². The van der Waals surface area contributed by atoms with Crippen molar-refractivity contribution < 1.29 is 19.1 Å². The Hall–Kier alpha value is -5.12. The van der Waals surface area contributed by atoms with Gasteiger partial charge in [0.2, 0.25) is 5.91 Å². The van der Waals surface area contributed by atoms with Crippen LogP contribution in [0.5, 0.6) is 0 Å². The average molecular weight is 657 g/mol. The summed E-state index contributed by atoms with van der Waals surface area (Å²) in [7, 11) is 1.29. The average Bonchev–Trinajstić information content (AvgIpc) is 3.46. The van der Waals surface area contributed by atoms with E-state index in [-0.39, 0.29) is 24.7 Å². The van der Waals surface area contributed by atoms with Crippen molar-refractivity contribution in [2.75, 3.05) is 17.7 Å². The highest BCUT2D eigenvalue weighted by Gasteiger charge is 2.22. The molecule has 4 aromatic carbocycles. The van der Waals surface area contributed by atoms with Crippen molar-refractivity contribution in [3.05, 3.63) is 136 Å². The number of aromatic amines is 1. The molecule has 0 fully saturated rings. The predicted octanol–water partition coefficient (Wildman–Crippen LogP) is 7.85. The Morgan fingerprint density at radius 2 is 1.52 bits per heavy atom. The van der Waals surface area contributed by atoms with Crippen LogP contribution in [-0.4, -0.2) is 35.0 Å². The monoisotopic (exact) mass is 655 g/mol. The highest BCUT2D eigenvalue weighted by molar-refractivity contribution is 6.32. The number of para-hydroxylation sites is 1. The molecule has 11 heteroatoms. The van der Waals surface area contributed by atoms with E-state index in [0.717, 1.165) is 11.1 Å². The molecule has 1 atom stereocenters. The number of benzene rings is 4. The van der Waals surface area contributed by atoms with Crippen LogP contribution < -0.4 is 16.0 Å². The molecule has 0 saturated heterocycles. The number of halogens is 2. The van der Waals surface area contributed by atoms with Crippen LogP contribution in [0.2, 0.25) is 10.2 Å². The first-order valence-electron chi connectivity index (χ1n) is 14.5. The van der Waals surface area contributed by atoms with Gasteiger partial charge in [-0.25, -0.2) is 9.78 Å². The molecule has 1 heterocycles. The number of methoxy groups -OCH3 is 1. The minimum Gasteiger partial charge on any atom is -0.453 e. The maximum atomic E-state index is 13.4. The number of anilines is 2. The number of hydrogen-bond acceptors (Lipinski definition) is 5. The molecule has 0 aliphatic rings. The summed E-state index contributed by atoms with van der Waals surface area (Å²) in [6.45, 7) is 0. The Morgan fingerprint density at radius 3 is 2.22 bits per heavy atom. The molecular formula is C35H31Cl2N5O4. The van der Waals surface area contributed by atoms with Gasteiger partial charge in [0.25, 0.3) is 5.91 Å². The summed E-state index contributed by atoms with van der Waals surface area (Å²) in [5.74, 6) is -0.0330. The zero-order chi connectivity index (χ0) is 32.5. The van der Waals surface area contributed by atoms with E-state index in [0.29, 0.717) is 50.6 Å². The number of nitrogens with one attached hydrogen (secondary N) is 4.